The molecule has 5 heteroatoms. The van der Waals surface area contributed by atoms with Crippen molar-refractivity contribution in [2.75, 3.05) is 6.54 Å². The van der Waals surface area contributed by atoms with Crippen LogP contribution in [0.1, 0.15) is 33.6 Å². The van der Waals surface area contributed by atoms with Crippen molar-refractivity contribution in [1.82, 2.24) is 14.9 Å². The molecule has 0 bridgehead atoms. The first kappa shape index (κ1) is 14.2. The van der Waals surface area contributed by atoms with Crippen LogP contribution in [0.15, 0.2) is 22.6 Å². The summed E-state index contributed by atoms with van der Waals surface area (Å²) in [5.74, 6) is 0. The highest BCUT2D eigenvalue weighted by Gasteiger charge is 2.08. The summed E-state index contributed by atoms with van der Waals surface area (Å²) in [6.07, 6.45) is 3.71. The fourth-order valence-corrected chi connectivity index (χ4v) is 2.65. The van der Waals surface area contributed by atoms with Crippen molar-refractivity contribution in [2.45, 2.75) is 45.7 Å². The van der Waals surface area contributed by atoms with E-state index >= 15 is 0 Å². The molecule has 19 heavy (non-hydrogen) atoms. The molecule has 0 fully saturated rings. The van der Waals surface area contributed by atoms with Crippen molar-refractivity contribution in [1.29, 1.82) is 0 Å². The molecule has 0 saturated heterocycles. The Morgan fingerprint density at radius 3 is 2.89 bits per heavy atom. The summed E-state index contributed by atoms with van der Waals surface area (Å²) in [7, 11) is 0. The number of unbranched alkanes of at least 4 members (excludes halogenated alkanes) is 1. The Morgan fingerprint density at radius 1 is 1.37 bits per heavy atom. The largest absolute Gasteiger partial charge is 0.312 e. The van der Waals surface area contributed by atoms with Crippen molar-refractivity contribution in [3.05, 3.63) is 28.1 Å². The molecule has 0 spiro atoms. The van der Waals surface area contributed by atoms with Crippen LogP contribution in [0, 0.1) is 0 Å². The Balaban J connectivity index is 1.88. The fourth-order valence-electron chi connectivity index (χ4n) is 1.92. The third-order valence-corrected chi connectivity index (χ3v) is 3.75. The first-order valence-corrected chi connectivity index (χ1v) is 7.53. The standard InChI is InChI=1S/C14H21N3OS/c1-14(2,3)16-7-4-5-8-17-10-15-12-11(13(17)18)6-9-19-12/h6,9-10,16H,4-5,7-8H2,1-3H3. The Labute approximate surface area is 117 Å². The van der Waals surface area contributed by atoms with E-state index < -0.39 is 0 Å². The number of thiophene rings is 1. The van der Waals surface area contributed by atoms with E-state index in [4.69, 9.17) is 0 Å². The maximum Gasteiger partial charge on any atom is 0.262 e. The molecular formula is C14H21N3OS. The van der Waals surface area contributed by atoms with Crippen LogP contribution in [0.3, 0.4) is 0 Å². The van der Waals surface area contributed by atoms with E-state index in [9.17, 15) is 4.79 Å². The van der Waals surface area contributed by atoms with Gasteiger partial charge in [0.2, 0.25) is 0 Å². The number of fused-ring (bicyclic) bond motifs is 1. The molecule has 0 radical (unpaired) electrons. The van der Waals surface area contributed by atoms with Crippen molar-refractivity contribution >= 4 is 21.6 Å². The SMILES string of the molecule is CC(C)(C)NCCCCn1cnc2sccc2c1=O. The van der Waals surface area contributed by atoms with Gasteiger partial charge < -0.3 is 5.32 Å². The Bertz CT molecular complexity index is 594. The van der Waals surface area contributed by atoms with Gasteiger partial charge in [0.15, 0.2) is 0 Å². The van der Waals surface area contributed by atoms with Crippen LogP contribution in [0.5, 0.6) is 0 Å². The molecule has 0 aliphatic rings. The van der Waals surface area contributed by atoms with Gasteiger partial charge in [-0.3, -0.25) is 9.36 Å². The minimum atomic E-state index is 0.0787. The number of aryl methyl sites for hydroxylation is 1. The van der Waals surface area contributed by atoms with Gasteiger partial charge in [-0.05, 0) is 51.6 Å². The van der Waals surface area contributed by atoms with Crippen LogP contribution < -0.4 is 10.9 Å². The molecule has 0 saturated carbocycles. The van der Waals surface area contributed by atoms with E-state index in [2.05, 4.69) is 31.1 Å². The molecule has 0 atom stereocenters. The first-order valence-electron chi connectivity index (χ1n) is 6.65. The van der Waals surface area contributed by atoms with Crippen LogP contribution >= 0.6 is 11.3 Å². The third kappa shape index (κ3) is 3.88. The Hall–Kier alpha value is -1.20. The van der Waals surface area contributed by atoms with Crippen molar-refractivity contribution in [3.8, 4) is 0 Å². The summed E-state index contributed by atoms with van der Waals surface area (Å²) in [6.45, 7) is 8.19. The number of hydrogen-bond donors (Lipinski definition) is 1. The van der Waals surface area contributed by atoms with Crippen LogP contribution in [-0.2, 0) is 6.54 Å². The van der Waals surface area contributed by atoms with E-state index in [0.29, 0.717) is 0 Å². The van der Waals surface area contributed by atoms with Crippen molar-refractivity contribution in [3.63, 3.8) is 0 Å². The number of aromatic nitrogens is 2. The van der Waals surface area contributed by atoms with Gasteiger partial charge in [0.25, 0.3) is 5.56 Å². The predicted octanol–water partition coefficient (Wildman–Crippen LogP) is 2.63. The molecule has 1 N–H and O–H groups in total. The summed E-state index contributed by atoms with van der Waals surface area (Å²) in [4.78, 5) is 17.3. The van der Waals surface area contributed by atoms with Crippen LogP contribution in [-0.4, -0.2) is 21.6 Å². The predicted molar refractivity (Wildman–Crippen MR) is 80.9 cm³/mol. The quantitative estimate of drug-likeness (QED) is 0.856. The van der Waals surface area contributed by atoms with Gasteiger partial charge in [-0.25, -0.2) is 4.98 Å². The third-order valence-electron chi connectivity index (χ3n) is 2.93. The lowest BCUT2D eigenvalue weighted by Gasteiger charge is -2.20. The van der Waals surface area contributed by atoms with Gasteiger partial charge in [-0.15, -0.1) is 11.3 Å². The summed E-state index contributed by atoms with van der Waals surface area (Å²) in [5, 5.41) is 6.10. The molecule has 2 rings (SSSR count). The summed E-state index contributed by atoms with van der Waals surface area (Å²) >= 11 is 1.51. The molecule has 2 aromatic rings. The fraction of sp³-hybridized carbons (Fsp3) is 0.571. The normalized spacial score (nSPS) is 12.2. The van der Waals surface area contributed by atoms with Gasteiger partial charge in [-0.1, -0.05) is 0 Å². The maximum atomic E-state index is 12.1. The van der Waals surface area contributed by atoms with Crippen LogP contribution in [0.4, 0.5) is 0 Å². The van der Waals surface area contributed by atoms with E-state index in [-0.39, 0.29) is 11.1 Å². The average molecular weight is 279 g/mol. The zero-order chi connectivity index (χ0) is 13.9. The highest BCUT2D eigenvalue weighted by atomic mass is 32.1. The van der Waals surface area contributed by atoms with Crippen molar-refractivity contribution in [2.24, 2.45) is 0 Å². The number of nitrogens with one attached hydrogen (secondary N) is 1. The Kier molecular flexibility index (Phi) is 4.37. The lowest BCUT2D eigenvalue weighted by atomic mass is 10.1. The average Bonchev–Trinajstić information content (AvgIpc) is 2.79. The molecule has 0 aliphatic carbocycles. The van der Waals surface area contributed by atoms with Crippen molar-refractivity contribution < 1.29 is 0 Å². The first-order chi connectivity index (χ1) is 8.97. The second kappa shape index (κ2) is 5.84. The Morgan fingerprint density at radius 2 is 2.16 bits per heavy atom. The monoisotopic (exact) mass is 279 g/mol. The minimum Gasteiger partial charge on any atom is -0.312 e. The lowest BCUT2D eigenvalue weighted by Crippen LogP contribution is -2.36. The van der Waals surface area contributed by atoms with Crippen LogP contribution in [0.25, 0.3) is 10.2 Å². The van der Waals surface area contributed by atoms with Gasteiger partial charge in [0, 0.05) is 12.1 Å². The van der Waals surface area contributed by atoms with E-state index in [1.54, 1.807) is 10.9 Å². The highest BCUT2D eigenvalue weighted by Crippen LogP contribution is 2.13. The van der Waals surface area contributed by atoms with E-state index in [1.165, 1.54) is 11.3 Å². The molecule has 0 unspecified atom stereocenters. The number of hydrogen-bond acceptors (Lipinski definition) is 4. The molecule has 4 nitrogen and oxygen atoms in total. The highest BCUT2D eigenvalue weighted by molar-refractivity contribution is 7.16. The maximum absolute atomic E-state index is 12.1. The summed E-state index contributed by atoms with van der Waals surface area (Å²) < 4.78 is 1.71. The minimum absolute atomic E-state index is 0.0787. The second-order valence-corrected chi connectivity index (χ2v) is 6.66. The van der Waals surface area contributed by atoms with Gasteiger partial charge >= 0.3 is 0 Å². The molecule has 2 aromatic heterocycles. The zero-order valence-corrected chi connectivity index (χ0v) is 12.6. The van der Waals surface area contributed by atoms with E-state index in [0.717, 1.165) is 36.1 Å². The molecular weight excluding hydrogens is 258 g/mol. The molecule has 104 valence electrons. The van der Waals surface area contributed by atoms with Crippen LogP contribution in [0.2, 0.25) is 0 Å². The molecule has 0 amide bonds. The molecule has 2 heterocycles. The lowest BCUT2D eigenvalue weighted by molar-refractivity contribution is 0.413. The smallest absolute Gasteiger partial charge is 0.262 e. The second-order valence-electron chi connectivity index (χ2n) is 5.77. The summed E-state index contributed by atoms with van der Waals surface area (Å²) in [6, 6.07) is 1.85. The topological polar surface area (TPSA) is 46.9 Å². The number of nitrogens with zero attached hydrogens (tertiary/aromatic N) is 2. The molecule has 0 aliphatic heterocycles. The number of rotatable bonds is 5. The van der Waals surface area contributed by atoms with Gasteiger partial charge in [0.1, 0.15) is 4.83 Å². The van der Waals surface area contributed by atoms with Gasteiger partial charge in [0.05, 0.1) is 11.7 Å². The van der Waals surface area contributed by atoms with Gasteiger partial charge in [-0.2, -0.15) is 0 Å². The zero-order valence-electron chi connectivity index (χ0n) is 11.8. The summed E-state index contributed by atoms with van der Waals surface area (Å²) in [5.41, 5.74) is 0.239. The molecule has 0 aromatic carbocycles. The van der Waals surface area contributed by atoms with E-state index in [1.807, 2.05) is 11.4 Å².